The van der Waals surface area contributed by atoms with Crippen LogP contribution < -0.4 is 10.5 Å². The first-order valence-electron chi connectivity index (χ1n) is 11.3. The summed E-state index contributed by atoms with van der Waals surface area (Å²) in [5.41, 5.74) is 7.45. The van der Waals surface area contributed by atoms with Gasteiger partial charge in [0.05, 0.1) is 5.60 Å². The zero-order chi connectivity index (χ0) is 22.1. The van der Waals surface area contributed by atoms with Crippen molar-refractivity contribution >= 4 is 36.2 Å². The highest BCUT2D eigenvalue weighted by Crippen LogP contribution is 2.50. The first-order chi connectivity index (χ1) is 14.2. The minimum atomic E-state index is -0.155. The van der Waals surface area contributed by atoms with E-state index in [4.69, 9.17) is 4.65 Å². The van der Waals surface area contributed by atoms with E-state index in [1.807, 2.05) is 25.5 Å². The molecule has 0 atom stereocenters. The van der Waals surface area contributed by atoms with Crippen LogP contribution in [0.4, 0.5) is 5.69 Å². The smallest absolute Gasteiger partial charge is 0.405 e. The lowest BCUT2D eigenvalue weighted by Crippen LogP contribution is -2.48. The molecule has 6 heteroatoms. The molecule has 2 heterocycles. The number of nitrogens with one attached hydrogen (secondary N) is 2. The molecular weight excluding hydrogens is 386 g/mol. The van der Waals surface area contributed by atoms with E-state index in [2.05, 4.69) is 88.4 Å². The van der Waals surface area contributed by atoms with Gasteiger partial charge < -0.3 is 15.1 Å². The third kappa shape index (κ3) is 4.13. The highest BCUT2D eigenvalue weighted by Gasteiger charge is 2.52. The zero-order valence-electron chi connectivity index (χ0n) is 19.8. The zero-order valence-corrected chi connectivity index (χ0v) is 20.7. The summed E-state index contributed by atoms with van der Waals surface area (Å²) in [7, 11) is 0. The quantitative estimate of drug-likeness (QED) is 0.539. The molecule has 1 aliphatic carbocycles. The van der Waals surface area contributed by atoms with E-state index in [0.717, 1.165) is 12.8 Å². The van der Waals surface area contributed by atoms with Crippen LogP contribution in [0.5, 0.6) is 0 Å². The average molecular weight is 422 g/mol. The Bertz CT molecular complexity index is 873. The van der Waals surface area contributed by atoms with Gasteiger partial charge >= 0.3 is 13.2 Å². The van der Waals surface area contributed by atoms with Gasteiger partial charge in [0.2, 0.25) is 0 Å². The van der Waals surface area contributed by atoms with Crippen molar-refractivity contribution in [3.05, 3.63) is 58.5 Å². The molecule has 3 nitrogen and oxygen atoms in total. The van der Waals surface area contributed by atoms with Crippen LogP contribution in [0.25, 0.3) is 5.70 Å². The minimum absolute atomic E-state index is 0.0584. The standard InChI is InChI=1S/C22H30B2N2OS.C2H6/c1-7-18-20-15(2)11-10-14-19(20)26-23(25-18)16-12-8-9-13-17(16)24-27-21(3,4)22(5,6)28-24;1-2/h7,10-14,25-26H,8-9H2,1-6H3;1-2H3/b18-7+;. The maximum absolute atomic E-state index is 6.55. The Morgan fingerprint density at radius 2 is 1.70 bits per heavy atom. The summed E-state index contributed by atoms with van der Waals surface area (Å²) in [5.74, 6) is 0. The summed E-state index contributed by atoms with van der Waals surface area (Å²) < 4.78 is 6.63. The highest BCUT2D eigenvalue weighted by atomic mass is 32.2. The van der Waals surface area contributed by atoms with Crippen LogP contribution in [0.2, 0.25) is 0 Å². The summed E-state index contributed by atoms with van der Waals surface area (Å²) in [5, 5.41) is 7.48. The van der Waals surface area contributed by atoms with Crippen molar-refractivity contribution in [2.45, 2.75) is 78.6 Å². The Morgan fingerprint density at radius 1 is 1.03 bits per heavy atom. The van der Waals surface area contributed by atoms with Gasteiger partial charge in [-0.05, 0) is 77.0 Å². The summed E-state index contributed by atoms with van der Waals surface area (Å²) in [4.78, 5) is 0. The molecule has 2 aliphatic heterocycles. The normalized spacial score (nSPS) is 22.9. The van der Waals surface area contributed by atoms with Gasteiger partial charge in [0.25, 0.3) is 0 Å². The van der Waals surface area contributed by atoms with Crippen LogP contribution in [0.1, 0.15) is 72.4 Å². The lowest BCUT2D eigenvalue weighted by atomic mass is 9.55. The van der Waals surface area contributed by atoms with Crippen molar-refractivity contribution in [2.24, 2.45) is 0 Å². The maximum Gasteiger partial charge on any atom is 0.405 e. The Balaban J connectivity index is 0.00000124. The van der Waals surface area contributed by atoms with Gasteiger partial charge in [-0.1, -0.05) is 44.2 Å². The molecule has 30 heavy (non-hydrogen) atoms. The molecule has 0 saturated carbocycles. The highest BCUT2D eigenvalue weighted by molar-refractivity contribution is 8.27. The van der Waals surface area contributed by atoms with Crippen molar-refractivity contribution in [3.8, 4) is 0 Å². The number of aryl methyl sites for hydroxylation is 1. The fourth-order valence-corrected chi connectivity index (χ4v) is 5.66. The number of rotatable bonds is 2. The topological polar surface area (TPSA) is 33.3 Å². The van der Waals surface area contributed by atoms with Gasteiger partial charge in [0.1, 0.15) is 0 Å². The third-order valence-corrected chi connectivity index (χ3v) is 8.12. The maximum atomic E-state index is 6.55. The van der Waals surface area contributed by atoms with Gasteiger partial charge in [0.15, 0.2) is 0 Å². The lowest BCUT2D eigenvalue weighted by Gasteiger charge is -2.33. The molecule has 0 spiro atoms. The lowest BCUT2D eigenvalue weighted by molar-refractivity contribution is 0.0930. The number of allylic oxidation sites excluding steroid dienone is 5. The predicted octanol–water partition coefficient (Wildman–Crippen LogP) is 6.42. The van der Waals surface area contributed by atoms with Gasteiger partial charge in [0, 0.05) is 21.7 Å². The molecule has 1 aromatic rings. The molecule has 1 fully saturated rings. The Labute approximate surface area is 188 Å². The van der Waals surface area contributed by atoms with E-state index in [1.54, 1.807) is 0 Å². The summed E-state index contributed by atoms with van der Waals surface area (Å²) in [6.45, 7) is 17.3. The van der Waals surface area contributed by atoms with E-state index >= 15 is 0 Å². The fraction of sp³-hybridized carbons (Fsp3) is 0.500. The average Bonchev–Trinajstić information content (AvgIpc) is 2.96. The molecule has 160 valence electrons. The van der Waals surface area contributed by atoms with E-state index in [9.17, 15) is 0 Å². The molecular formula is C24H36B2N2OS. The molecule has 0 aromatic heterocycles. The summed E-state index contributed by atoms with van der Waals surface area (Å²) >= 11 is 1.94. The summed E-state index contributed by atoms with van der Waals surface area (Å²) in [6.07, 6.45) is 9.19. The van der Waals surface area contributed by atoms with Gasteiger partial charge in [-0.2, -0.15) is 11.6 Å². The SMILES string of the molecule is C/C=C1/NB(C2=CCCC=C2B2OC(C)(C)C(C)(C)S2)Nc2cccc(C)c21.CC. The number of hydrogen-bond acceptors (Lipinski definition) is 4. The Kier molecular flexibility index (Phi) is 6.88. The molecule has 0 radical (unpaired) electrons. The van der Waals surface area contributed by atoms with Crippen LogP contribution in [0.15, 0.2) is 47.4 Å². The second-order valence-electron chi connectivity index (χ2n) is 8.91. The Morgan fingerprint density at radius 3 is 2.30 bits per heavy atom. The second kappa shape index (κ2) is 8.92. The van der Waals surface area contributed by atoms with Crippen molar-refractivity contribution in [3.63, 3.8) is 0 Å². The van der Waals surface area contributed by atoms with Gasteiger partial charge in [-0.15, -0.1) is 0 Å². The summed E-state index contributed by atoms with van der Waals surface area (Å²) in [6, 6.07) is 6.48. The minimum Gasteiger partial charge on any atom is -0.416 e. The molecule has 3 aliphatic rings. The van der Waals surface area contributed by atoms with E-state index < -0.39 is 0 Å². The van der Waals surface area contributed by atoms with Crippen LogP contribution >= 0.6 is 11.6 Å². The first kappa shape index (κ1) is 23.1. The van der Waals surface area contributed by atoms with Crippen LogP contribution in [-0.4, -0.2) is 23.5 Å². The molecule has 0 amide bonds. The van der Waals surface area contributed by atoms with E-state index in [0.29, 0.717) is 0 Å². The predicted molar refractivity (Wildman–Crippen MR) is 137 cm³/mol. The van der Waals surface area contributed by atoms with Gasteiger partial charge in [-0.25, -0.2) is 0 Å². The largest absolute Gasteiger partial charge is 0.416 e. The third-order valence-electron chi connectivity index (χ3n) is 6.48. The first-order valence-corrected chi connectivity index (χ1v) is 12.2. The molecule has 1 aromatic carbocycles. The second-order valence-corrected chi connectivity index (χ2v) is 10.6. The van der Waals surface area contributed by atoms with Crippen molar-refractivity contribution in [1.82, 2.24) is 5.23 Å². The number of anilines is 1. The Hall–Kier alpha value is -1.52. The number of fused-ring (bicyclic) bond motifs is 1. The monoisotopic (exact) mass is 422 g/mol. The van der Waals surface area contributed by atoms with Gasteiger partial charge in [-0.3, -0.25) is 0 Å². The fourth-order valence-electron chi connectivity index (χ4n) is 4.15. The molecule has 4 rings (SSSR count). The van der Waals surface area contributed by atoms with Crippen LogP contribution in [-0.2, 0) is 4.65 Å². The van der Waals surface area contributed by atoms with Crippen LogP contribution in [0, 0.1) is 6.92 Å². The van der Waals surface area contributed by atoms with Crippen molar-refractivity contribution < 1.29 is 4.65 Å². The van der Waals surface area contributed by atoms with E-state index in [-0.39, 0.29) is 23.5 Å². The van der Waals surface area contributed by atoms with E-state index in [1.165, 1.54) is 33.5 Å². The van der Waals surface area contributed by atoms with Crippen LogP contribution in [0.3, 0.4) is 0 Å². The van der Waals surface area contributed by atoms with Crippen molar-refractivity contribution in [2.75, 3.05) is 5.23 Å². The molecule has 1 saturated heterocycles. The number of hydrogen-bond donors (Lipinski definition) is 2. The number of benzene rings is 1. The molecule has 2 N–H and O–H groups in total. The molecule has 0 bridgehead atoms. The molecule has 0 unspecified atom stereocenters. The van der Waals surface area contributed by atoms with Crippen molar-refractivity contribution in [1.29, 1.82) is 0 Å².